The number of thiophene rings is 1. The van der Waals surface area contributed by atoms with Gasteiger partial charge in [0.25, 0.3) is 0 Å². The second-order valence-corrected chi connectivity index (χ2v) is 5.66. The molecule has 2 nitrogen and oxygen atoms in total. The summed E-state index contributed by atoms with van der Waals surface area (Å²) in [6.07, 6.45) is 2.63. The smallest absolute Gasteiger partial charge is 0.309 e. The Morgan fingerprint density at radius 1 is 1.40 bits per heavy atom. The number of carbonyl (C=O) groups is 1. The van der Waals surface area contributed by atoms with Crippen LogP contribution in [-0.4, -0.2) is 11.1 Å². The number of aliphatic carboxylic acids is 1. The Kier molecular flexibility index (Phi) is 3.91. The fraction of sp³-hybridized carbons (Fsp3) is 0.583. The normalized spacial score (nSPS) is 11.7. The third-order valence-corrected chi connectivity index (χ3v) is 3.93. The van der Waals surface area contributed by atoms with Crippen LogP contribution in [-0.2, 0) is 17.6 Å². The molecule has 1 aromatic heterocycles. The highest BCUT2D eigenvalue weighted by Gasteiger charge is 2.26. The number of carboxylic acids is 1. The molecule has 1 N–H and O–H groups in total. The SMILES string of the molecule is CCc1ccc(CCC(C)(C)C(=O)O)s1. The van der Waals surface area contributed by atoms with Gasteiger partial charge in [-0.1, -0.05) is 6.92 Å². The van der Waals surface area contributed by atoms with E-state index in [-0.39, 0.29) is 0 Å². The fourth-order valence-corrected chi connectivity index (χ4v) is 2.25. The summed E-state index contributed by atoms with van der Waals surface area (Å²) in [6, 6.07) is 4.25. The van der Waals surface area contributed by atoms with Crippen LogP contribution >= 0.6 is 11.3 Å². The average Bonchev–Trinajstić information content (AvgIpc) is 2.62. The first-order chi connectivity index (χ1) is 6.95. The maximum absolute atomic E-state index is 10.9. The van der Waals surface area contributed by atoms with Gasteiger partial charge in [-0.3, -0.25) is 4.79 Å². The molecule has 0 fully saturated rings. The summed E-state index contributed by atoms with van der Waals surface area (Å²) >= 11 is 1.79. The second kappa shape index (κ2) is 4.79. The van der Waals surface area contributed by atoms with Gasteiger partial charge >= 0.3 is 5.97 Å². The van der Waals surface area contributed by atoms with Crippen LogP contribution < -0.4 is 0 Å². The van der Waals surface area contributed by atoms with Gasteiger partial charge in [0, 0.05) is 9.75 Å². The molecule has 1 rings (SSSR count). The molecular formula is C12H18O2S. The molecule has 1 aromatic rings. The Labute approximate surface area is 94.9 Å². The largest absolute Gasteiger partial charge is 0.481 e. The molecule has 0 spiro atoms. The fourth-order valence-electron chi connectivity index (χ4n) is 1.29. The van der Waals surface area contributed by atoms with Gasteiger partial charge in [0.2, 0.25) is 0 Å². The lowest BCUT2D eigenvalue weighted by Crippen LogP contribution is -2.23. The van der Waals surface area contributed by atoms with Gasteiger partial charge in [-0.2, -0.15) is 0 Å². The molecule has 0 aliphatic heterocycles. The molecule has 0 aliphatic carbocycles. The Hall–Kier alpha value is -0.830. The van der Waals surface area contributed by atoms with Gasteiger partial charge < -0.3 is 5.11 Å². The first-order valence-electron chi connectivity index (χ1n) is 5.26. The summed E-state index contributed by atoms with van der Waals surface area (Å²) in [7, 11) is 0. The van der Waals surface area contributed by atoms with Crippen molar-refractivity contribution < 1.29 is 9.90 Å². The van der Waals surface area contributed by atoms with E-state index in [0.29, 0.717) is 6.42 Å². The van der Waals surface area contributed by atoms with Crippen LogP contribution in [0.25, 0.3) is 0 Å². The summed E-state index contributed by atoms with van der Waals surface area (Å²) in [4.78, 5) is 13.6. The van der Waals surface area contributed by atoms with Gasteiger partial charge in [0.15, 0.2) is 0 Å². The monoisotopic (exact) mass is 226 g/mol. The van der Waals surface area contributed by atoms with Crippen molar-refractivity contribution in [3.05, 3.63) is 21.9 Å². The molecule has 0 atom stereocenters. The summed E-state index contributed by atoms with van der Waals surface area (Å²) < 4.78 is 0. The van der Waals surface area contributed by atoms with E-state index < -0.39 is 11.4 Å². The van der Waals surface area contributed by atoms with Crippen LogP contribution in [0.1, 0.15) is 36.9 Å². The number of hydrogen-bond donors (Lipinski definition) is 1. The summed E-state index contributed by atoms with van der Waals surface area (Å²) in [5, 5.41) is 8.97. The van der Waals surface area contributed by atoms with E-state index in [0.717, 1.165) is 12.8 Å². The number of aryl methyl sites for hydroxylation is 2. The van der Waals surface area contributed by atoms with Crippen LogP contribution in [0.3, 0.4) is 0 Å². The van der Waals surface area contributed by atoms with E-state index >= 15 is 0 Å². The van der Waals surface area contributed by atoms with Crippen LogP contribution in [0.2, 0.25) is 0 Å². The average molecular weight is 226 g/mol. The van der Waals surface area contributed by atoms with E-state index in [1.54, 1.807) is 25.2 Å². The van der Waals surface area contributed by atoms with E-state index in [1.165, 1.54) is 9.75 Å². The number of carboxylic acid groups (broad SMARTS) is 1. The molecule has 0 unspecified atom stereocenters. The molecule has 0 saturated carbocycles. The van der Waals surface area contributed by atoms with Gasteiger partial charge in [0.05, 0.1) is 5.41 Å². The lowest BCUT2D eigenvalue weighted by molar-refractivity contribution is -0.147. The van der Waals surface area contributed by atoms with Crippen molar-refractivity contribution in [2.45, 2.75) is 40.0 Å². The molecule has 0 radical (unpaired) electrons. The Balaban J connectivity index is 2.53. The Morgan fingerprint density at radius 3 is 2.47 bits per heavy atom. The van der Waals surface area contributed by atoms with Crippen molar-refractivity contribution in [1.29, 1.82) is 0 Å². The van der Waals surface area contributed by atoms with Crippen molar-refractivity contribution in [3.63, 3.8) is 0 Å². The molecule has 0 aromatic carbocycles. The maximum Gasteiger partial charge on any atom is 0.309 e. The molecule has 15 heavy (non-hydrogen) atoms. The van der Waals surface area contributed by atoms with E-state index in [4.69, 9.17) is 5.11 Å². The highest BCUT2D eigenvalue weighted by Crippen LogP contribution is 2.26. The summed E-state index contributed by atoms with van der Waals surface area (Å²) in [6.45, 7) is 5.70. The predicted molar refractivity (Wildman–Crippen MR) is 63.4 cm³/mol. The highest BCUT2D eigenvalue weighted by atomic mass is 32.1. The summed E-state index contributed by atoms with van der Waals surface area (Å²) in [5.41, 5.74) is -0.615. The van der Waals surface area contributed by atoms with Crippen molar-refractivity contribution in [2.24, 2.45) is 5.41 Å². The molecule has 1 heterocycles. The lowest BCUT2D eigenvalue weighted by atomic mass is 9.88. The zero-order valence-corrected chi connectivity index (χ0v) is 10.4. The van der Waals surface area contributed by atoms with Gasteiger partial charge in [-0.25, -0.2) is 0 Å². The van der Waals surface area contributed by atoms with Crippen LogP contribution in [0.5, 0.6) is 0 Å². The van der Waals surface area contributed by atoms with E-state index in [2.05, 4.69) is 19.1 Å². The van der Waals surface area contributed by atoms with Crippen molar-refractivity contribution in [3.8, 4) is 0 Å². The zero-order valence-electron chi connectivity index (χ0n) is 9.54. The number of hydrogen-bond acceptors (Lipinski definition) is 2. The molecule has 0 amide bonds. The Bertz CT molecular complexity index is 339. The molecule has 0 saturated heterocycles. The first kappa shape index (κ1) is 12.2. The highest BCUT2D eigenvalue weighted by molar-refractivity contribution is 7.11. The molecule has 84 valence electrons. The third kappa shape index (κ3) is 3.34. The van der Waals surface area contributed by atoms with Crippen molar-refractivity contribution in [1.82, 2.24) is 0 Å². The van der Waals surface area contributed by atoms with E-state index in [1.807, 2.05) is 0 Å². The molecule has 0 aliphatic rings. The van der Waals surface area contributed by atoms with Gasteiger partial charge in [0.1, 0.15) is 0 Å². The van der Waals surface area contributed by atoms with Crippen molar-refractivity contribution >= 4 is 17.3 Å². The topological polar surface area (TPSA) is 37.3 Å². The number of rotatable bonds is 5. The van der Waals surface area contributed by atoms with Crippen LogP contribution in [0.4, 0.5) is 0 Å². The standard InChI is InChI=1S/C12H18O2S/c1-4-9-5-6-10(15-9)7-8-12(2,3)11(13)14/h5-6H,4,7-8H2,1-3H3,(H,13,14). The lowest BCUT2D eigenvalue weighted by Gasteiger charge is -2.17. The maximum atomic E-state index is 10.9. The predicted octanol–water partition coefficient (Wildman–Crippen LogP) is 3.35. The molecule has 0 bridgehead atoms. The van der Waals surface area contributed by atoms with Gasteiger partial charge in [-0.05, 0) is 45.2 Å². The first-order valence-corrected chi connectivity index (χ1v) is 6.08. The minimum atomic E-state index is -0.713. The van der Waals surface area contributed by atoms with E-state index in [9.17, 15) is 4.79 Å². The Morgan fingerprint density at radius 2 is 2.00 bits per heavy atom. The summed E-state index contributed by atoms with van der Waals surface area (Å²) in [5.74, 6) is -0.713. The molecular weight excluding hydrogens is 208 g/mol. The third-order valence-electron chi connectivity index (χ3n) is 2.64. The zero-order chi connectivity index (χ0) is 11.5. The minimum Gasteiger partial charge on any atom is -0.481 e. The van der Waals surface area contributed by atoms with Crippen molar-refractivity contribution in [2.75, 3.05) is 0 Å². The van der Waals surface area contributed by atoms with Crippen LogP contribution in [0.15, 0.2) is 12.1 Å². The second-order valence-electron chi connectivity index (χ2n) is 4.41. The quantitative estimate of drug-likeness (QED) is 0.836. The van der Waals surface area contributed by atoms with Crippen LogP contribution in [0, 0.1) is 5.41 Å². The van der Waals surface area contributed by atoms with Gasteiger partial charge in [-0.15, -0.1) is 11.3 Å². The minimum absolute atomic E-state index is 0.615. The molecule has 3 heteroatoms.